The fourth-order valence-electron chi connectivity index (χ4n) is 2.21. The van der Waals surface area contributed by atoms with Gasteiger partial charge in [0.1, 0.15) is 5.75 Å². The van der Waals surface area contributed by atoms with Crippen LogP contribution < -0.4 is 4.74 Å². The molecule has 0 bridgehead atoms. The highest BCUT2D eigenvalue weighted by atomic mass is 35.5. The molecule has 0 aliphatic heterocycles. The highest BCUT2D eigenvalue weighted by molar-refractivity contribution is 6.30. The summed E-state index contributed by atoms with van der Waals surface area (Å²) in [4.78, 5) is 1.95. The first-order valence-corrected chi connectivity index (χ1v) is 5.87. The Morgan fingerprint density at radius 2 is 1.94 bits per heavy atom. The Morgan fingerprint density at radius 3 is 2.35 bits per heavy atom. The van der Waals surface area contributed by atoms with Gasteiger partial charge < -0.3 is 9.84 Å². The van der Waals surface area contributed by atoms with Crippen LogP contribution in [0.4, 0.5) is 0 Å². The largest absolute Gasteiger partial charge is 0.496 e. The van der Waals surface area contributed by atoms with E-state index in [4.69, 9.17) is 16.3 Å². The topological polar surface area (TPSA) is 32.7 Å². The number of ether oxygens (including phenoxy) is 1. The van der Waals surface area contributed by atoms with Gasteiger partial charge in [-0.05, 0) is 46.1 Å². The van der Waals surface area contributed by atoms with Gasteiger partial charge in [0.25, 0.3) is 0 Å². The predicted octanol–water partition coefficient (Wildman–Crippen LogP) is 2.72. The molecule has 0 radical (unpaired) electrons. The van der Waals surface area contributed by atoms with E-state index in [-0.39, 0.29) is 6.04 Å². The third kappa shape index (κ3) is 3.35. The number of benzene rings is 1. The van der Waals surface area contributed by atoms with Crippen LogP contribution in [0.25, 0.3) is 0 Å². The van der Waals surface area contributed by atoms with Crippen molar-refractivity contribution in [2.75, 3.05) is 21.2 Å². The maximum atomic E-state index is 10.3. The van der Waals surface area contributed by atoms with Crippen molar-refractivity contribution < 1.29 is 9.84 Å². The first-order chi connectivity index (χ1) is 7.77. The number of hydrogen-bond acceptors (Lipinski definition) is 3. The van der Waals surface area contributed by atoms with Crippen LogP contribution in [-0.4, -0.2) is 36.8 Å². The van der Waals surface area contributed by atoms with Gasteiger partial charge in [-0.3, -0.25) is 4.90 Å². The van der Waals surface area contributed by atoms with E-state index in [1.165, 1.54) is 0 Å². The molecule has 17 heavy (non-hydrogen) atoms. The standard InChI is InChI=1S/C13H20ClNO2/c1-13(2,16)12(15(3)4)10-8-9(14)6-7-11(10)17-5/h6-8,12,16H,1-5H3. The van der Waals surface area contributed by atoms with Crippen LogP contribution in [0.2, 0.25) is 5.02 Å². The van der Waals surface area contributed by atoms with Crippen molar-refractivity contribution in [2.24, 2.45) is 0 Å². The summed E-state index contributed by atoms with van der Waals surface area (Å²) < 4.78 is 5.33. The molecule has 3 nitrogen and oxygen atoms in total. The first-order valence-electron chi connectivity index (χ1n) is 5.49. The summed E-state index contributed by atoms with van der Waals surface area (Å²) in [6, 6.07) is 5.25. The number of aliphatic hydroxyl groups is 1. The summed E-state index contributed by atoms with van der Waals surface area (Å²) in [7, 11) is 5.45. The molecule has 0 aliphatic rings. The Morgan fingerprint density at radius 1 is 1.35 bits per heavy atom. The van der Waals surface area contributed by atoms with Crippen molar-refractivity contribution in [1.82, 2.24) is 4.90 Å². The van der Waals surface area contributed by atoms with Gasteiger partial charge in [-0.1, -0.05) is 11.6 Å². The molecule has 0 fully saturated rings. The van der Waals surface area contributed by atoms with Crippen molar-refractivity contribution in [1.29, 1.82) is 0 Å². The lowest BCUT2D eigenvalue weighted by atomic mass is 9.90. The second-order valence-electron chi connectivity index (χ2n) is 4.91. The smallest absolute Gasteiger partial charge is 0.123 e. The van der Waals surface area contributed by atoms with Crippen molar-refractivity contribution in [3.63, 3.8) is 0 Å². The Balaban J connectivity index is 3.32. The molecule has 4 heteroatoms. The molecule has 0 aromatic heterocycles. The zero-order valence-corrected chi connectivity index (χ0v) is 11.7. The quantitative estimate of drug-likeness (QED) is 0.900. The Hall–Kier alpha value is -0.770. The molecular formula is C13H20ClNO2. The molecule has 0 amide bonds. The van der Waals surface area contributed by atoms with Crippen molar-refractivity contribution in [2.45, 2.75) is 25.5 Å². The molecule has 96 valence electrons. The lowest BCUT2D eigenvalue weighted by Crippen LogP contribution is -2.38. The summed E-state index contributed by atoms with van der Waals surface area (Å²) in [6.07, 6.45) is 0. The highest BCUT2D eigenvalue weighted by Crippen LogP contribution is 2.37. The van der Waals surface area contributed by atoms with Crippen molar-refractivity contribution >= 4 is 11.6 Å². The Bertz CT molecular complexity index is 385. The van der Waals surface area contributed by atoms with Gasteiger partial charge in [-0.2, -0.15) is 0 Å². The number of halogens is 1. The normalized spacial score (nSPS) is 13.9. The van der Waals surface area contributed by atoms with Crippen LogP contribution in [0.5, 0.6) is 5.75 Å². The van der Waals surface area contributed by atoms with E-state index in [1.807, 2.05) is 31.1 Å². The minimum atomic E-state index is -0.887. The maximum absolute atomic E-state index is 10.3. The fraction of sp³-hybridized carbons (Fsp3) is 0.538. The second-order valence-corrected chi connectivity index (χ2v) is 5.34. The van der Waals surface area contributed by atoms with E-state index in [2.05, 4.69) is 0 Å². The Labute approximate surface area is 108 Å². The molecular weight excluding hydrogens is 238 g/mol. The van der Waals surface area contributed by atoms with Gasteiger partial charge in [-0.15, -0.1) is 0 Å². The van der Waals surface area contributed by atoms with Crippen LogP contribution in [-0.2, 0) is 0 Å². The SMILES string of the molecule is COc1ccc(Cl)cc1C(N(C)C)C(C)(C)O. The van der Waals surface area contributed by atoms with E-state index >= 15 is 0 Å². The average molecular weight is 258 g/mol. The third-order valence-corrected chi connectivity index (χ3v) is 2.91. The molecule has 1 atom stereocenters. The molecule has 0 heterocycles. The van der Waals surface area contributed by atoms with Crippen LogP contribution >= 0.6 is 11.6 Å². The molecule has 1 unspecified atom stereocenters. The number of rotatable bonds is 4. The summed E-state index contributed by atoms with van der Waals surface area (Å²) in [5.74, 6) is 0.732. The van der Waals surface area contributed by atoms with E-state index in [1.54, 1.807) is 27.0 Å². The molecule has 0 aliphatic carbocycles. The molecule has 1 rings (SSSR count). The number of hydrogen-bond donors (Lipinski definition) is 1. The number of methoxy groups -OCH3 is 1. The minimum Gasteiger partial charge on any atom is -0.496 e. The fourth-order valence-corrected chi connectivity index (χ4v) is 2.39. The predicted molar refractivity (Wildman–Crippen MR) is 70.7 cm³/mol. The monoisotopic (exact) mass is 257 g/mol. The zero-order valence-electron chi connectivity index (χ0n) is 11.0. The number of likely N-dealkylation sites (N-methyl/N-ethyl adjacent to an activating group) is 1. The lowest BCUT2D eigenvalue weighted by Gasteiger charge is -2.35. The summed E-state index contributed by atoms with van der Waals surface area (Å²) in [5, 5.41) is 10.9. The van der Waals surface area contributed by atoms with Gasteiger partial charge in [-0.25, -0.2) is 0 Å². The van der Waals surface area contributed by atoms with Gasteiger partial charge in [0, 0.05) is 10.6 Å². The molecule has 1 N–H and O–H groups in total. The van der Waals surface area contributed by atoms with Crippen LogP contribution in [0.3, 0.4) is 0 Å². The molecule has 0 saturated carbocycles. The maximum Gasteiger partial charge on any atom is 0.123 e. The third-order valence-electron chi connectivity index (χ3n) is 2.67. The molecule has 0 saturated heterocycles. The highest BCUT2D eigenvalue weighted by Gasteiger charge is 2.32. The molecule has 1 aromatic rings. The van der Waals surface area contributed by atoms with Gasteiger partial charge in [0.05, 0.1) is 18.8 Å². The number of nitrogens with zero attached hydrogens (tertiary/aromatic N) is 1. The van der Waals surface area contributed by atoms with Crippen molar-refractivity contribution in [3.8, 4) is 5.75 Å². The zero-order chi connectivity index (χ0) is 13.2. The second kappa shape index (κ2) is 5.25. The molecule has 1 aromatic carbocycles. The minimum absolute atomic E-state index is 0.184. The van der Waals surface area contributed by atoms with E-state index in [9.17, 15) is 5.11 Å². The van der Waals surface area contributed by atoms with Crippen LogP contribution in [0.1, 0.15) is 25.5 Å². The van der Waals surface area contributed by atoms with Crippen LogP contribution in [0, 0.1) is 0 Å². The summed E-state index contributed by atoms with van der Waals surface area (Å²) in [6.45, 7) is 3.55. The average Bonchev–Trinajstić information content (AvgIpc) is 2.15. The Kier molecular flexibility index (Phi) is 4.42. The van der Waals surface area contributed by atoms with E-state index in [0.717, 1.165) is 11.3 Å². The van der Waals surface area contributed by atoms with Crippen LogP contribution in [0.15, 0.2) is 18.2 Å². The summed E-state index contributed by atoms with van der Waals surface area (Å²) >= 11 is 6.02. The van der Waals surface area contributed by atoms with Gasteiger partial charge in [0.2, 0.25) is 0 Å². The summed E-state index contributed by atoms with van der Waals surface area (Å²) in [5.41, 5.74) is -0.000864. The van der Waals surface area contributed by atoms with Crippen molar-refractivity contribution in [3.05, 3.63) is 28.8 Å². The van der Waals surface area contributed by atoms with Gasteiger partial charge in [0.15, 0.2) is 0 Å². The van der Waals surface area contributed by atoms with E-state index < -0.39 is 5.60 Å². The van der Waals surface area contributed by atoms with E-state index in [0.29, 0.717) is 5.02 Å². The lowest BCUT2D eigenvalue weighted by molar-refractivity contribution is -0.00408. The first kappa shape index (κ1) is 14.3. The molecule has 0 spiro atoms. The van der Waals surface area contributed by atoms with Gasteiger partial charge >= 0.3 is 0 Å².